The van der Waals surface area contributed by atoms with Gasteiger partial charge in [-0.15, -0.1) is 0 Å². The molecule has 2 aromatic carbocycles. The van der Waals surface area contributed by atoms with Crippen LogP contribution in [0.15, 0.2) is 61.0 Å². The zero-order valence-corrected chi connectivity index (χ0v) is 19.1. The minimum Gasteiger partial charge on any atom is -0.508 e. The van der Waals surface area contributed by atoms with E-state index in [1.54, 1.807) is 35.4 Å². The quantitative estimate of drug-likeness (QED) is 0.403. The number of phenols is 1. The van der Waals surface area contributed by atoms with E-state index in [4.69, 9.17) is 4.74 Å². The first-order chi connectivity index (χ1) is 15.2. The number of rotatable bonds is 11. The van der Waals surface area contributed by atoms with Crippen molar-refractivity contribution >= 4 is 10.0 Å². The number of aliphatic hydroxyl groups is 1. The third-order valence-electron chi connectivity index (χ3n) is 5.32. The predicted octanol–water partition coefficient (Wildman–Crippen LogP) is 1.65. The number of nitrogens with one attached hydrogen (secondary N) is 2. The number of ether oxygens (including phenoxy) is 1. The lowest BCUT2D eigenvalue weighted by Crippen LogP contribution is -2.54. The molecule has 0 fully saturated rings. The van der Waals surface area contributed by atoms with Crippen LogP contribution in [0.1, 0.15) is 23.6 Å². The standard InChI is InChI=1S/C23H31N3O5S/c1-3-17-5-4-6-19(13-17)15-24-16-22(28)21(14-18-7-9-20(27)10-8-18)26-11-12-31-23(26)25-32(2,29)30/h4-13,21-25,27-28H,3,14-16H2,1-2H3/t21-,22+,23?/m0/s1. The minimum atomic E-state index is -3.52. The number of sulfonamides is 1. The van der Waals surface area contributed by atoms with Gasteiger partial charge in [-0.1, -0.05) is 43.3 Å². The normalized spacial score (nSPS) is 17.8. The summed E-state index contributed by atoms with van der Waals surface area (Å²) in [5, 5.41) is 23.9. The third-order valence-corrected chi connectivity index (χ3v) is 5.95. The highest BCUT2D eigenvalue weighted by molar-refractivity contribution is 7.88. The van der Waals surface area contributed by atoms with E-state index in [1.807, 2.05) is 12.1 Å². The maximum Gasteiger partial charge on any atom is 0.241 e. The van der Waals surface area contributed by atoms with Crippen molar-refractivity contribution in [1.82, 2.24) is 14.9 Å². The molecule has 1 aliphatic rings. The van der Waals surface area contributed by atoms with Gasteiger partial charge in [0.15, 0.2) is 0 Å². The zero-order chi connectivity index (χ0) is 23.1. The molecule has 1 heterocycles. The Morgan fingerprint density at radius 1 is 1.12 bits per heavy atom. The SMILES string of the molecule is CCc1cccc(CNC[C@@H](O)[C@H](Cc2ccc(O)cc2)N2C=COC2NS(C)(=O)=O)c1. The van der Waals surface area contributed by atoms with Gasteiger partial charge in [0.25, 0.3) is 0 Å². The maximum atomic E-state index is 11.8. The summed E-state index contributed by atoms with van der Waals surface area (Å²) in [5.41, 5.74) is 3.28. The highest BCUT2D eigenvalue weighted by atomic mass is 32.2. The topological polar surface area (TPSA) is 111 Å². The van der Waals surface area contributed by atoms with Gasteiger partial charge in [0.2, 0.25) is 16.4 Å². The lowest BCUT2D eigenvalue weighted by molar-refractivity contribution is -0.0189. The molecule has 0 aliphatic carbocycles. The smallest absolute Gasteiger partial charge is 0.241 e. The van der Waals surface area contributed by atoms with Gasteiger partial charge in [-0.25, -0.2) is 8.42 Å². The van der Waals surface area contributed by atoms with Crippen LogP contribution < -0.4 is 10.0 Å². The average Bonchev–Trinajstić information content (AvgIpc) is 3.19. The third kappa shape index (κ3) is 6.96. The summed E-state index contributed by atoms with van der Waals surface area (Å²) in [6.45, 7) is 3.01. The van der Waals surface area contributed by atoms with Crippen molar-refractivity contribution in [3.05, 3.63) is 77.7 Å². The summed E-state index contributed by atoms with van der Waals surface area (Å²) in [4.78, 5) is 1.66. The van der Waals surface area contributed by atoms with Crippen LogP contribution in [0.4, 0.5) is 0 Å². The molecule has 0 bridgehead atoms. The Morgan fingerprint density at radius 3 is 2.53 bits per heavy atom. The molecule has 9 heteroatoms. The van der Waals surface area contributed by atoms with Crippen LogP contribution in [-0.2, 0) is 34.1 Å². The summed E-state index contributed by atoms with van der Waals surface area (Å²) < 4.78 is 31.4. The van der Waals surface area contributed by atoms with Crippen molar-refractivity contribution < 1.29 is 23.4 Å². The number of aromatic hydroxyl groups is 1. The molecule has 32 heavy (non-hydrogen) atoms. The van der Waals surface area contributed by atoms with E-state index < -0.39 is 28.5 Å². The summed E-state index contributed by atoms with van der Waals surface area (Å²) in [6, 6.07) is 14.5. The average molecular weight is 462 g/mol. The molecule has 1 aliphatic heterocycles. The molecule has 3 rings (SSSR count). The Bertz CT molecular complexity index is 1010. The van der Waals surface area contributed by atoms with E-state index in [9.17, 15) is 18.6 Å². The lowest BCUT2D eigenvalue weighted by Gasteiger charge is -2.35. The molecule has 3 atom stereocenters. The highest BCUT2D eigenvalue weighted by Gasteiger charge is 2.34. The molecule has 1 unspecified atom stereocenters. The number of hydrogen-bond acceptors (Lipinski definition) is 7. The Kier molecular flexibility index (Phi) is 8.14. The Labute approximate surface area is 189 Å². The number of hydrogen-bond donors (Lipinski definition) is 4. The maximum absolute atomic E-state index is 11.8. The van der Waals surface area contributed by atoms with Crippen molar-refractivity contribution in [1.29, 1.82) is 0 Å². The van der Waals surface area contributed by atoms with Crippen LogP contribution >= 0.6 is 0 Å². The number of aliphatic hydroxyl groups excluding tert-OH is 1. The second kappa shape index (κ2) is 10.8. The van der Waals surface area contributed by atoms with Gasteiger partial charge >= 0.3 is 0 Å². The van der Waals surface area contributed by atoms with Crippen LogP contribution in [0.5, 0.6) is 5.75 Å². The molecule has 8 nitrogen and oxygen atoms in total. The van der Waals surface area contributed by atoms with Gasteiger partial charge in [-0.05, 0) is 41.7 Å². The van der Waals surface area contributed by atoms with Crippen molar-refractivity contribution in [2.75, 3.05) is 12.8 Å². The van der Waals surface area contributed by atoms with Crippen LogP contribution in [0.25, 0.3) is 0 Å². The van der Waals surface area contributed by atoms with Crippen LogP contribution in [0.3, 0.4) is 0 Å². The fourth-order valence-electron chi connectivity index (χ4n) is 3.66. The number of nitrogens with zero attached hydrogens (tertiary/aromatic N) is 1. The molecule has 2 aromatic rings. The molecule has 0 spiro atoms. The molecular weight excluding hydrogens is 430 g/mol. The Balaban J connectivity index is 1.71. The fraction of sp³-hybridized carbons (Fsp3) is 0.391. The van der Waals surface area contributed by atoms with Gasteiger partial charge < -0.3 is 25.2 Å². The van der Waals surface area contributed by atoms with Crippen molar-refractivity contribution in [2.24, 2.45) is 0 Å². The summed E-state index contributed by atoms with van der Waals surface area (Å²) in [6.07, 6.45) is 3.71. The van der Waals surface area contributed by atoms with E-state index in [1.165, 1.54) is 11.8 Å². The molecule has 0 radical (unpaired) electrons. The largest absolute Gasteiger partial charge is 0.508 e. The molecule has 0 saturated carbocycles. The van der Waals surface area contributed by atoms with E-state index in [0.29, 0.717) is 19.5 Å². The highest BCUT2D eigenvalue weighted by Crippen LogP contribution is 2.21. The van der Waals surface area contributed by atoms with Gasteiger partial charge in [0, 0.05) is 19.3 Å². The fourth-order valence-corrected chi connectivity index (χ4v) is 4.20. The Morgan fingerprint density at radius 2 is 1.84 bits per heavy atom. The Hall–Kier alpha value is -2.59. The summed E-state index contributed by atoms with van der Waals surface area (Å²) >= 11 is 0. The van der Waals surface area contributed by atoms with Gasteiger partial charge in [-0.2, -0.15) is 4.72 Å². The molecule has 0 amide bonds. The van der Waals surface area contributed by atoms with Gasteiger partial charge in [0.1, 0.15) is 12.0 Å². The van der Waals surface area contributed by atoms with Crippen LogP contribution in [-0.4, -0.2) is 54.8 Å². The van der Waals surface area contributed by atoms with Crippen molar-refractivity contribution in [3.63, 3.8) is 0 Å². The van der Waals surface area contributed by atoms with E-state index in [-0.39, 0.29) is 5.75 Å². The molecule has 0 aromatic heterocycles. The first-order valence-electron chi connectivity index (χ1n) is 10.6. The molecule has 4 N–H and O–H groups in total. The second-order valence-corrected chi connectivity index (χ2v) is 9.70. The summed E-state index contributed by atoms with van der Waals surface area (Å²) in [7, 11) is -3.52. The first kappa shape index (κ1) is 24.1. The second-order valence-electron chi connectivity index (χ2n) is 7.92. The summed E-state index contributed by atoms with van der Waals surface area (Å²) in [5.74, 6) is 0.155. The molecular formula is C23H31N3O5S. The van der Waals surface area contributed by atoms with E-state index >= 15 is 0 Å². The molecule has 174 valence electrons. The monoisotopic (exact) mass is 461 g/mol. The van der Waals surface area contributed by atoms with Crippen LogP contribution in [0.2, 0.25) is 0 Å². The molecule has 0 saturated heterocycles. The predicted molar refractivity (Wildman–Crippen MR) is 123 cm³/mol. The zero-order valence-electron chi connectivity index (χ0n) is 18.3. The van der Waals surface area contributed by atoms with Crippen molar-refractivity contribution in [3.8, 4) is 5.75 Å². The number of phenolic OH excluding ortho intramolecular Hbond substituents is 1. The van der Waals surface area contributed by atoms with Gasteiger partial charge in [0.05, 0.1) is 18.4 Å². The van der Waals surface area contributed by atoms with Gasteiger partial charge in [-0.3, -0.25) is 0 Å². The number of benzene rings is 2. The minimum absolute atomic E-state index is 0.155. The first-order valence-corrected chi connectivity index (χ1v) is 12.5. The number of aryl methyl sites for hydroxylation is 1. The van der Waals surface area contributed by atoms with Crippen LogP contribution in [0, 0.1) is 0 Å². The lowest BCUT2D eigenvalue weighted by atomic mass is 9.99. The van der Waals surface area contributed by atoms with E-state index in [2.05, 4.69) is 29.1 Å². The van der Waals surface area contributed by atoms with E-state index in [0.717, 1.165) is 23.8 Å². The van der Waals surface area contributed by atoms with Crippen molar-refractivity contribution in [2.45, 2.75) is 44.8 Å².